The van der Waals surface area contributed by atoms with Gasteiger partial charge in [-0.1, -0.05) is 30.3 Å². The van der Waals surface area contributed by atoms with Gasteiger partial charge < -0.3 is 10.3 Å². The van der Waals surface area contributed by atoms with Crippen LogP contribution in [0.15, 0.2) is 54.9 Å². The van der Waals surface area contributed by atoms with E-state index in [1.54, 1.807) is 23.7 Å². The summed E-state index contributed by atoms with van der Waals surface area (Å²) in [6.45, 7) is 2.62. The highest BCUT2D eigenvalue weighted by Crippen LogP contribution is 2.35. The molecule has 5 nitrogen and oxygen atoms in total. The third-order valence-electron chi connectivity index (χ3n) is 5.04. The molecule has 0 bridgehead atoms. The fourth-order valence-electron chi connectivity index (χ4n) is 3.63. The lowest BCUT2D eigenvalue weighted by Crippen LogP contribution is -2.25. The number of H-pyrrole nitrogens is 1. The highest BCUT2D eigenvalue weighted by Gasteiger charge is 2.27. The molecule has 1 saturated heterocycles. The van der Waals surface area contributed by atoms with Gasteiger partial charge in [-0.25, -0.2) is 4.98 Å². The molecule has 0 radical (unpaired) electrons. The number of rotatable bonds is 7. The summed E-state index contributed by atoms with van der Waals surface area (Å²) in [6, 6.07) is 15.2. The SMILES string of the molecule is O=C(NCc1ncc[nH]1)c1ccc([C@H]2CCCN2CCc2ccccc2)s1. The molecule has 1 aliphatic rings. The minimum atomic E-state index is -0.0310. The molecular formula is C21H24N4OS. The summed E-state index contributed by atoms with van der Waals surface area (Å²) in [5, 5.41) is 2.93. The molecule has 4 rings (SSSR count). The number of hydrogen-bond donors (Lipinski definition) is 2. The number of nitrogens with one attached hydrogen (secondary N) is 2. The van der Waals surface area contributed by atoms with Gasteiger partial charge in [-0.15, -0.1) is 11.3 Å². The Morgan fingerprint density at radius 2 is 2.15 bits per heavy atom. The van der Waals surface area contributed by atoms with E-state index in [1.807, 2.05) is 6.07 Å². The second kappa shape index (κ2) is 8.50. The zero-order valence-electron chi connectivity index (χ0n) is 15.2. The van der Waals surface area contributed by atoms with Gasteiger partial charge in [-0.3, -0.25) is 9.69 Å². The van der Waals surface area contributed by atoms with Crippen LogP contribution in [0.3, 0.4) is 0 Å². The minimum absolute atomic E-state index is 0.0310. The molecule has 140 valence electrons. The number of nitrogens with zero attached hydrogens (tertiary/aromatic N) is 2. The van der Waals surface area contributed by atoms with Crippen LogP contribution in [0.2, 0.25) is 0 Å². The fourth-order valence-corrected chi connectivity index (χ4v) is 4.73. The van der Waals surface area contributed by atoms with Crippen molar-refractivity contribution in [1.82, 2.24) is 20.2 Å². The van der Waals surface area contributed by atoms with Crippen LogP contribution in [-0.2, 0) is 13.0 Å². The Bertz CT molecular complexity index is 859. The molecule has 1 fully saturated rings. The van der Waals surface area contributed by atoms with Crippen molar-refractivity contribution in [2.45, 2.75) is 31.8 Å². The van der Waals surface area contributed by atoms with E-state index in [9.17, 15) is 4.79 Å². The van der Waals surface area contributed by atoms with E-state index in [0.717, 1.165) is 30.2 Å². The molecule has 0 aliphatic carbocycles. The van der Waals surface area contributed by atoms with E-state index in [0.29, 0.717) is 12.6 Å². The molecule has 6 heteroatoms. The van der Waals surface area contributed by atoms with Gasteiger partial charge in [0.2, 0.25) is 0 Å². The molecule has 0 spiro atoms. The number of aromatic nitrogens is 2. The summed E-state index contributed by atoms with van der Waals surface area (Å²) >= 11 is 1.62. The summed E-state index contributed by atoms with van der Waals surface area (Å²) in [5.41, 5.74) is 1.38. The second-order valence-corrected chi connectivity index (χ2v) is 7.97. The number of benzene rings is 1. The predicted octanol–water partition coefficient (Wildman–Crippen LogP) is 3.78. The highest BCUT2D eigenvalue weighted by atomic mass is 32.1. The third kappa shape index (κ3) is 4.46. The maximum atomic E-state index is 12.4. The largest absolute Gasteiger partial charge is 0.347 e. The maximum Gasteiger partial charge on any atom is 0.261 e. The van der Waals surface area contributed by atoms with Crippen molar-refractivity contribution in [1.29, 1.82) is 0 Å². The molecule has 1 atom stereocenters. The lowest BCUT2D eigenvalue weighted by atomic mass is 10.1. The zero-order valence-corrected chi connectivity index (χ0v) is 16.0. The van der Waals surface area contributed by atoms with Gasteiger partial charge >= 0.3 is 0 Å². The number of likely N-dealkylation sites (tertiary alicyclic amines) is 1. The van der Waals surface area contributed by atoms with Gasteiger partial charge in [0.05, 0.1) is 11.4 Å². The van der Waals surface area contributed by atoms with Crippen LogP contribution in [0.4, 0.5) is 0 Å². The molecule has 1 aliphatic heterocycles. The molecule has 27 heavy (non-hydrogen) atoms. The van der Waals surface area contributed by atoms with E-state index in [2.05, 4.69) is 56.6 Å². The molecular weight excluding hydrogens is 356 g/mol. The molecule has 3 heterocycles. The summed E-state index contributed by atoms with van der Waals surface area (Å²) in [4.78, 5) is 24.2. The van der Waals surface area contributed by atoms with Gasteiger partial charge in [0.1, 0.15) is 5.82 Å². The van der Waals surface area contributed by atoms with E-state index < -0.39 is 0 Å². The van der Waals surface area contributed by atoms with Crippen molar-refractivity contribution in [3.05, 3.63) is 76.0 Å². The average molecular weight is 381 g/mol. The van der Waals surface area contributed by atoms with Crippen LogP contribution in [0.25, 0.3) is 0 Å². The first-order valence-electron chi connectivity index (χ1n) is 9.44. The molecule has 0 unspecified atom stereocenters. The van der Waals surface area contributed by atoms with E-state index in [-0.39, 0.29) is 5.91 Å². The smallest absolute Gasteiger partial charge is 0.261 e. The van der Waals surface area contributed by atoms with Crippen molar-refractivity contribution in [2.75, 3.05) is 13.1 Å². The van der Waals surface area contributed by atoms with Gasteiger partial charge in [-0.2, -0.15) is 0 Å². The molecule has 2 aromatic heterocycles. The average Bonchev–Trinajstić information content (AvgIpc) is 3.46. The second-order valence-electron chi connectivity index (χ2n) is 6.85. The monoisotopic (exact) mass is 380 g/mol. The Hall–Kier alpha value is -2.44. The summed E-state index contributed by atoms with van der Waals surface area (Å²) in [7, 11) is 0. The number of aromatic amines is 1. The normalized spacial score (nSPS) is 17.3. The predicted molar refractivity (Wildman–Crippen MR) is 108 cm³/mol. The quantitative estimate of drug-likeness (QED) is 0.656. The number of imidazole rings is 1. The molecule has 1 amide bonds. The van der Waals surface area contributed by atoms with Gasteiger partial charge in [-0.05, 0) is 43.5 Å². The Labute approximate surface area is 163 Å². The van der Waals surface area contributed by atoms with Crippen LogP contribution in [0.5, 0.6) is 0 Å². The highest BCUT2D eigenvalue weighted by molar-refractivity contribution is 7.14. The summed E-state index contributed by atoms with van der Waals surface area (Å²) in [5.74, 6) is 0.736. The van der Waals surface area contributed by atoms with Crippen molar-refractivity contribution < 1.29 is 4.79 Å². The Morgan fingerprint density at radius 3 is 2.96 bits per heavy atom. The Kier molecular flexibility index (Phi) is 5.65. The van der Waals surface area contributed by atoms with E-state index >= 15 is 0 Å². The maximum absolute atomic E-state index is 12.4. The first kappa shape index (κ1) is 17.9. The fraction of sp³-hybridized carbons (Fsp3) is 0.333. The van der Waals surface area contributed by atoms with Gasteiger partial charge in [0, 0.05) is 29.9 Å². The molecule has 2 N–H and O–H groups in total. The van der Waals surface area contributed by atoms with Gasteiger partial charge in [0.15, 0.2) is 0 Å². The van der Waals surface area contributed by atoms with Crippen molar-refractivity contribution in [2.24, 2.45) is 0 Å². The first-order chi connectivity index (χ1) is 13.3. The Balaban J connectivity index is 1.35. The lowest BCUT2D eigenvalue weighted by molar-refractivity contribution is 0.0954. The van der Waals surface area contributed by atoms with Crippen LogP contribution in [0.1, 0.15) is 44.8 Å². The van der Waals surface area contributed by atoms with Crippen LogP contribution in [0, 0.1) is 0 Å². The number of carbonyl (C=O) groups is 1. The third-order valence-corrected chi connectivity index (χ3v) is 6.23. The van der Waals surface area contributed by atoms with Crippen LogP contribution < -0.4 is 5.32 Å². The lowest BCUT2D eigenvalue weighted by Gasteiger charge is -2.23. The van der Waals surface area contributed by atoms with E-state index in [4.69, 9.17) is 0 Å². The van der Waals surface area contributed by atoms with Crippen molar-refractivity contribution >= 4 is 17.2 Å². The Morgan fingerprint density at radius 1 is 1.26 bits per heavy atom. The summed E-state index contributed by atoms with van der Waals surface area (Å²) in [6.07, 6.45) is 6.91. The number of thiophene rings is 1. The summed E-state index contributed by atoms with van der Waals surface area (Å²) < 4.78 is 0. The number of hydrogen-bond acceptors (Lipinski definition) is 4. The zero-order chi connectivity index (χ0) is 18.5. The van der Waals surface area contributed by atoms with Crippen molar-refractivity contribution in [3.63, 3.8) is 0 Å². The number of carbonyl (C=O) groups excluding carboxylic acids is 1. The minimum Gasteiger partial charge on any atom is -0.347 e. The topological polar surface area (TPSA) is 61.0 Å². The molecule has 0 saturated carbocycles. The molecule has 3 aromatic rings. The first-order valence-corrected chi connectivity index (χ1v) is 10.3. The van der Waals surface area contributed by atoms with E-state index in [1.165, 1.54) is 23.3 Å². The van der Waals surface area contributed by atoms with Gasteiger partial charge in [0.25, 0.3) is 5.91 Å². The van der Waals surface area contributed by atoms with Crippen molar-refractivity contribution in [3.8, 4) is 0 Å². The standard InChI is InChI=1S/C21H24N4OS/c26-21(24-15-20-22-11-12-23-20)19-9-8-18(27-19)17-7-4-13-25(17)14-10-16-5-2-1-3-6-16/h1-3,5-6,8-9,11-12,17H,4,7,10,13-15H2,(H,22,23)(H,24,26)/t17-/m1/s1. The molecule has 1 aromatic carbocycles. The van der Waals surface area contributed by atoms with Crippen LogP contribution in [-0.4, -0.2) is 33.9 Å². The number of amides is 1. The van der Waals surface area contributed by atoms with Crippen LogP contribution >= 0.6 is 11.3 Å².